The molecule has 0 saturated carbocycles. The van der Waals surface area contributed by atoms with Crippen LogP contribution >= 0.6 is 23.1 Å². The summed E-state index contributed by atoms with van der Waals surface area (Å²) in [5, 5.41) is 6.18. The molecule has 2 heterocycles. The summed E-state index contributed by atoms with van der Waals surface area (Å²) in [6, 6.07) is 9.16. The van der Waals surface area contributed by atoms with E-state index in [0.29, 0.717) is 11.3 Å². The molecule has 1 aliphatic heterocycles. The van der Waals surface area contributed by atoms with E-state index in [2.05, 4.69) is 23.7 Å². The van der Waals surface area contributed by atoms with Gasteiger partial charge in [-0.25, -0.2) is 4.39 Å². The maximum atomic E-state index is 13.2. The zero-order chi connectivity index (χ0) is 12.5. The van der Waals surface area contributed by atoms with E-state index in [1.165, 1.54) is 15.8 Å². The number of thiophene rings is 1. The van der Waals surface area contributed by atoms with Crippen LogP contribution in [0.2, 0.25) is 0 Å². The number of hydrogen-bond acceptors (Lipinski definition) is 3. The Morgan fingerprint density at radius 1 is 1.33 bits per heavy atom. The van der Waals surface area contributed by atoms with Gasteiger partial charge in [0, 0.05) is 10.9 Å². The zero-order valence-corrected chi connectivity index (χ0v) is 11.7. The predicted octanol–water partition coefficient (Wildman–Crippen LogP) is 4.92. The Hall–Kier alpha value is -1.00. The fraction of sp³-hybridized carbons (Fsp3) is 0.286. The van der Waals surface area contributed by atoms with Crippen LogP contribution in [0.25, 0.3) is 0 Å². The van der Waals surface area contributed by atoms with Gasteiger partial charge in [-0.3, -0.25) is 0 Å². The van der Waals surface area contributed by atoms with E-state index in [9.17, 15) is 4.39 Å². The van der Waals surface area contributed by atoms with E-state index in [0.717, 1.165) is 12.1 Å². The molecule has 4 heteroatoms. The van der Waals surface area contributed by atoms with Crippen molar-refractivity contribution in [2.24, 2.45) is 0 Å². The summed E-state index contributed by atoms with van der Waals surface area (Å²) in [6.45, 7) is 2.24. The highest BCUT2D eigenvalue weighted by Crippen LogP contribution is 2.44. The van der Waals surface area contributed by atoms with E-state index >= 15 is 0 Å². The number of nitrogens with one attached hydrogen (secondary N) is 1. The van der Waals surface area contributed by atoms with Crippen molar-refractivity contribution in [3.63, 3.8) is 0 Å². The molecule has 0 aliphatic carbocycles. The van der Waals surface area contributed by atoms with Gasteiger partial charge in [0.1, 0.15) is 5.82 Å². The van der Waals surface area contributed by atoms with Crippen molar-refractivity contribution in [2.75, 3.05) is 5.32 Å². The average molecular weight is 279 g/mol. The second-order valence-electron chi connectivity index (χ2n) is 4.53. The van der Waals surface area contributed by atoms with Crippen molar-refractivity contribution in [1.82, 2.24) is 0 Å². The molecule has 0 amide bonds. The van der Waals surface area contributed by atoms with Gasteiger partial charge in [-0.2, -0.15) is 0 Å². The van der Waals surface area contributed by atoms with E-state index in [4.69, 9.17) is 0 Å². The Bertz CT molecular complexity index is 552. The van der Waals surface area contributed by atoms with Gasteiger partial charge in [-0.15, -0.1) is 23.1 Å². The molecule has 1 aromatic heterocycles. The zero-order valence-electron chi connectivity index (χ0n) is 10.0. The second-order valence-corrected chi connectivity index (χ2v) is 7.16. The van der Waals surface area contributed by atoms with Crippen molar-refractivity contribution in [3.05, 3.63) is 47.1 Å². The van der Waals surface area contributed by atoms with Crippen molar-refractivity contribution < 1.29 is 4.39 Å². The number of fused-ring (bicyclic) bond motifs is 1. The van der Waals surface area contributed by atoms with Crippen molar-refractivity contribution >= 4 is 28.8 Å². The fourth-order valence-corrected chi connectivity index (χ4v) is 4.83. The van der Waals surface area contributed by atoms with Gasteiger partial charge >= 0.3 is 0 Å². The minimum absolute atomic E-state index is 0.191. The van der Waals surface area contributed by atoms with Crippen LogP contribution in [0.1, 0.15) is 24.9 Å². The first-order valence-electron chi connectivity index (χ1n) is 5.98. The second kappa shape index (κ2) is 4.94. The molecule has 1 N–H and O–H groups in total. The Labute approximate surface area is 114 Å². The Balaban J connectivity index is 1.86. The molecule has 0 bridgehead atoms. The monoisotopic (exact) mass is 279 g/mol. The van der Waals surface area contributed by atoms with Gasteiger partial charge in [0.25, 0.3) is 0 Å². The van der Waals surface area contributed by atoms with Gasteiger partial charge in [-0.1, -0.05) is 13.0 Å². The summed E-state index contributed by atoms with van der Waals surface area (Å²) in [5.74, 6) is -0.191. The highest BCUT2D eigenvalue weighted by Gasteiger charge is 2.26. The van der Waals surface area contributed by atoms with Crippen molar-refractivity contribution in [1.29, 1.82) is 0 Å². The largest absolute Gasteiger partial charge is 0.378 e. The van der Waals surface area contributed by atoms with E-state index in [1.54, 1.807) is 23.5 Å². The molecule has 1 nitrogen and oxygen atoms in total. The molecule has 0 saturated heterocycles. The highest BCUT2D eigenvalue weighted by atomic mass is 32.2. The lowest BCUT2D eigenvalue weighted by Crippen LogP contribution is -2.18. The lowest BCUT2D eigenvalue weighted by Gasteiger charge is -2.28. The standard InChI is InChI=1S/C14H14FNS2/c1-9-7-13(12-5-6-17-14(12)18-9)16-11-4-2-3-10(15)8-11/h2-6,8-9,13,16H,7H2,1H3/t9-,13?/m0/s1. The van der Waals surface area contributed by atoms with Crippen LogP contribution in [0.3, 0.4) is 0 Å². The van der Waals surface area contributed by atoms with Crippen molar-refractivity contribution in [3.8, 4) is 0 Å². The first kappa shape index (κ1) is 12.1. The van der Waals surface area contributed by atoms with Gasteiger partial charge < -0.3 is 5.32 Å². The highest BCUT2D eigenvalue weighted by molar-refractivity contribution is 8.01. The first-order valence-corrected chi connectivity index (χ1v) is 7.74. The minimum atomic E-state index is -0.191. The summed E-state index contributed by atoms with van der Waals surface area (Å²) in [7, 11) is 0. The Morgan fingerprint density at radius 2 is 2.22 bits per heavy atom. The van der Waals surface area contributed by atoms with Gasteiger partial charge in [-0.05, 0) is 41.6 Å². The van der Waals surface area contributed by atoms with Gasteiger partial charge in [0.05, 0.1) is 10.3 Å². The molecule has 18 heavy (non-hydrogen) atoms. The van der Waals surface area contributed by atoms with Crippen LogP contribution in [0, 0.1) is 5.82 Å². The summed E-state index contributed by atoms with van der Waals surface area (Å²) >= 11 is 3.74. The minimum Gasteiger partial charge on any atom is -0.378 e. The Kier molecular flexibility index (Phi) is 3.31. The maximum absolute atomic E-state index is 13.2. The summed E-state index contributed by atoms with van der Waals surface area (Å²) in [5.41, 5.74) is 2.21. The van der Waals surface area contributed by atoms with E-state index in [1.807, 2.05) is 17.8 Å². The normalized spacial score (nSPS) is 22.6. The quantitative estimate of drug-likeness (QED) is 0.837. The van der Waals surface area contributed by atoms with Crippen LogP contribution in [0.15, 0.2) is 39.9 Å². The van der Waals surface area contributed by atoms with Crippen LogP contribution in [0.5, 0.6) is 0 Å². The molecule has 0 radical (unpaired) electrons. The van der Waals surface area contributed by atoms with E-state index in [-0.39, 0.29) is 5.82 Å². The molecule has 94 valence electrons. The molecular formula is C14H14FNS2. The number of halogens is 1. The first-order chi connectivity index (χ1) is 8.72. The molecule has 0 fully saturated rings. The molecule has 2 atom stereocenters. The third-order valence-corrected chi connectivity index (χ3v) is 5.42. The number of benzene rings is 1. The number of thioether (sulfide) groups is 1. The van der Waals surface area contributed by atoms with Crippen LogP contribution in [0.4, 0.5) is 10.1 Å². The third kappa shape index (κ3) is 2.40. The lowest BCUT2D eigenvalue weighted by atomic mass is 10.0. The summed E-state index contributed by atoms with van der Waals surface area (Å²) < 4.78 is 14.6. The SMILES string of the molecule is C[C@H]1CC(Nc2cccc(F)c2)c2ccsc2S1. The molecule has 1 aromatic carbocycles. The Morgan fingerprint density at radius 3 is 3.06 bits per heavy atom. The average Bonchev–Trinajstić information content (AvgIpc) is 2.77. The van der Waals surface area contributed by atoms with Crippen molar-refractivity contribution in [2.45, 2.75) is 28.8 Å². The lowest BCUT2D eigenvalue weighted by molar-refractivity contribution is 0.626. The van der Waals surface area contributed by atoms with Crippen LogP contribution in [-0.4, -0.2) is 5.25 Å². The van der Waals surface area contributed by atoms with E-state index < -0.39 is 0 Å². The van der Waals surface area contributed by atoms with Gasteiger partial charge in [0.2, 0.25) is 0 Å². The number of anilines is 1. The topological polar surface area (TPSA) is 12.0 Å². The molecule has 2 aromatic rings. The third-order valence-electron chi connectivity index (χ3n) is 3.08. The molecule has 0 spiro atoms. The molecular weight excluding hydrogens is 265 g/mol. The fourth-order valence-electron chi connectivity index (χ4n) is 2.27. The smallest absolute Gasteiger partial charge is 0.125 e. The summed E-state index contributed by atoms with van der Waals surface area (Å²) in [4.78, 5) is 0. The number of hydrogen-bond donors (Lipinski definition) is 1. The van der Waals surface area contributed by atoms with Crippen LogP contribution < -0.4 is 5.32 Å². The molecule has 1 aliphatic rings. The summed E-state index contributed by atoms with van der Waals surface area (Å²) in [6.07, 6.45) is 1.07. The number of rotatable bonds is 2. The van der Waals surface area contributed by atoms with Crippen LogP contribution in [-0.2, 0) is 0 Å². The van der Waals surface area contributed by atoms with Gasteiger partial charge in [0.15, 0.2) is 0 Å². The molecule has 1 unspecified atom stereocenters. The maximum Gasteiger partial charge on any atom is 0.125 e. The molecule has 3 rings (SSSR count). The predicted molar refractivity (Wildman–Crippen MR) is 77.0 cm³/mol.